The Morgan fingerprint density at radius 2 is 2.05 bits per heavy atom. The number of fused-ring (bicyclic) bond motifs is 1. The molecule has 3 rings (SSSR count). The van der Waals surface area contributed by atoms with E-state index in [4.69, 9.17) is 17.0 Å². The highest BCUT2D eigenvalue weighted by atomic mass is 32.1. The van der Waals surface area contributed by atoms with Crippen molar-refractivity contribution < 1.29 is 4.74 Å². The number of aryl methyl sites for hydroxylation is 2. The molecular weight excluding hydrogens is 270 g/mol. The number of methoxy groups -OCH3 is 1. The Kier molecular flexibility index (Phi) is 3.52. The molecule has 1 N–H and O–H groups in total. The van der Waals surface area contributed by atoms with Crippen molar-refractivity contribution in [2.75, 3.05) is 7.11 Å². The van der Waals surface area contributed by atoms with E-state index in [-0.39, 0.29) is 0 Å². The van der Waals surface area contributed by atoms with Gasteiger partial charge in [0.1, 0.15) is 5.75 Å². The quantitative estimate of drug-likeness (QED) is 0.748. The van der Waals surface area contributed by atoms with Gasteiger partial charge in [0.05, 0.1) is 18.1 Å². The molecule has 2 aromatic heterocycles. The van der Waals surface area contributed by atoms with Crippen molar-refractivity contribution in [1.82, 2.24) is 14.5 Å². The van der Waals surface area contributed by atoms with Crippen molar-refractivity contribution in [3.05, 3.63) is 53.1 Å². The number of H-pyrrole nitrogens is 1. The Hall–Kier alpha value is -2.14. The van der Waals surface area contributed by atoms with Crippen molar-refractivity contribution >= 4 is 23.3 Å². The van der Waals surface area contributed by atoms with E-state index in [9.17, 15) is 0 Å². The van der Waals surface area contributed by atoms with Crippen LogP contribution in [0.15, 0.2) is 42.7 Å². The van der Waals surface area contributed by atoms with Crippen molar-refractivity contribution in [1.29, 1.82) is 0 Å². The van der Waals surface area contributed by atoms with Crippen LogP contribution in [0.1, 0.15) is 5.56 Å². The number of aromatic nitrogens is 3. The molecule has 5 heteroatoms. The van der Waals surface area contributed by atoms with Gasteiger partial charge in [0.15, 0.2) is 4.77 Å². The van der Waals surface area contributed by atoms with Gasteiger partial charge in [-0.25, -0.2) is 0 Å². The lowest BCUT2D eigenvalue weighted by Crippen LogP contribution is -2.01. The molecule has 0 radical (unpaired) electrons. The molecule has 0 atom stereocenters. The molecule has 0 unspecified atom stereocenters. The third kappa shape index (κ3) is 2.44. The van der Waals surface area contributed by atoms with Gasteiger partial charge in [-0.15, -0.1) is 0 Å². The highest BCUT2D eigenvalue weighted by Gasteiger charge is 2.05. The first-order valence-corrected chi connectivity index (χ1v) is 6.84. The van der Waals surface area contributed by atoms with Gasteiger partial charge in [0.2, 0.25) is 0 Å². The van der Waals surface area contributed by atoms with Crippen LogP contribution >= 0.6 is 12.2 Å². The van der Waals surface area contributed by atoms with Crippen LogP contribution in [-0.2, 0) is 13.0 Å². The first-order valence-electron chi connectivity index (χ1n) is 6.43. The minimum Gasteiger partial charge on any atom is -0.497 e. The van der Waals surface area contributed by atoms with Crippen molar-refractivity contribution in [2.45, 2.75) is 13.0 Å². The van der Waals surface area contributed by atoms with E-state index in [0.717, 1.165) is 34.5 Å². The van der Waals surface area contributed by atoms with Crippen molar-refractivity contribution in [3.8, 4) is 5.75 Å². The van der Waals surface area contributed by atoms with E-state index in [1.807, 2.05) is 42.7 Å². The predicted octanol–water partition coefficient (Wildman–Crippen LogP) is 3.35. The number of ether oxygens (including phenoxy) is 1. The van der Waals surface area contributed by atoms with E-state index in [2.05, 4.69) is 14.5 Å². The summed E-state index contributed by atoms with van der Waals surface area (Å²) >= 11 is 5.40. The summed E-state index contributed by atoms with van der Waals surface area (Å²) in [6.45, 7) is 0.842. The first kappa shape index (κ1) is 12.9. The fraction of sp³-hybridized carbons (Fsp3) is 0.200. The maximum Gasteiger partial charge on any atom is 0.178 e. The fourth-order valence-corrected chi connectivity index (χ4v) is 2.58. The van der Waals surface area contributed by atoms with Gasteiger partial charge in [-0.3, -0.25) is 4.98 Å². The predicted molar refractivity (Wildman–Crippen MR) is 81.6 cm³/mol. The normalized spacial score (nSPS) is 10.8. The highest BCUT2D eigenvalue weighted by molar-refractivity contribution is 7.71. The van der Waals surface area contributed by atoms with Crippen LogP contribution in [0, 0.1) is 4.77 Å². The second kappa shape index (κ2) is 5.46. The summed E-state index contributed by atoms with van der Waals surface area (Å²) in [5.41, 5.74) is 3.36. The molecule has 0 fully saturated rings. The number of benzene rings is 1. The molecule has 2 heterocycles. The molecule has 0 spiro atoms. The Morgan fingerprint density at radius 1 is 1.25 bits per heavy atom. The molecule has 0 aliphatic heterocycles. The third-order valence-corrected chi connectivity index (χ3v) is 3.68. The maximum atomic E-state index is 5.40. The highest BCUT2D eigenvalue weighted by Crippen LogP contribution is 2.20. The van der Waals surface area contributed by atoms with Gasteiger partial charge in [-0.1, -0.05) is 0 Å². The van der Waals surface area contributed by atoms with E-state index in [1.54, 1.807) is 7.11 Å². The number of imidazole rings is 1. The van der Waals surface area contributed by atoms with Crippen LogP contribution < -0.4 is 4.74 Å². The van der Waals surface area contributed by atoms with Crippen LogP contribution in [0.5, 0.6) is 5.75 Å². The second-order valence-electron chi connectivity index (χ2n) is 4.57. The summed E-state index contributed by atoms with van der Waals surface area (Å²) in [4.78, 5) is 7.25. The Balaban J connectivity index is 1.91. The van der Waals surface area contributed by atoms with Crippen LogP contribution in [0.4, 0.5) is 0 Å². The lowest BCUT2D eigenvalue weighted by Gasteiger charge is -2.05. The van der Waals surface area contributed by atoms with Crippen LogP contribution in [0.25, 0.3) is 11.0 Å². The molecular formula is C15H15N3OS. The SMILES string of the molecule is COc1ccc2c(c1)[nH]c(=S)n2CCc1ccncc1. The Labute approximate surface area is 122 Å². The topological polar surface area (TPSA) is 42.8 Å². The minimum absolute atomic E-state index is 0.738. The summed E-state index contributed by atoms with van der Waals surface area (Å²) in [5, 5.41) is 0. The monoisotopic (exact) mass is 285 g/mol. The Bertz CT molecular complexity index is 777. The number of hydrogen-bond donors (Lipinski definition) is 1. The molecule has 20 heavy (non-hydrogen) atoms. The molecule has 1 aromatic carbocycles. The first-order chi connectivity index (χ1) is 9.78. The second-order valence-corrected chi connectivity index (χ2v) is 4.96. The zero-order chi connectivity index (χ0) is 13.9. The zero-order valence-electron chi connectivity index (χ0n) is 11.2. The molecule has 0 amide bonds. The lowest BCUT2D eigenvalue weighted by molar-refractivity contribution is 0.415. The zero-order valence-corrected chi connectivity index (χ0v) is 12.0. The van der Waals surface area contributed by atoms with Crippen LogP contribution in [0.3, 0.4) is 0 Å². The molecule has 4 nitrogen and oxygen atoms in total. The van der Waals surface area contributed by atoms with Gasteiger partial charge in [0.25, 0.3) is 0 Å². The maximum absolute atomic E-state index is 5.40. The number of hydrogen-bond acceptors (Lipinski definition) is 3. The minimum atomic E-state index is 0.738. The number of nitrogens with one attached hydrogen (secondary N) is 1. The summed E-state index contributed by atoms with van der Waals surface area (Å²) in [7, 11) is 1.66. The third-order valence-electron chi connectivity index (χ3n) is 3.35. The smallest absolute Gasteiger partial charge is 0.178 e. The number of aromatic amines is 1. The van der Waals surface area contributed by atoms with Gasteiger partial charge in [0, 0.05) is 25.0 Å². The molecule has 0 aliphatic rings. The van der Waals surface area contributed by atoms with Gasteiger partial charge >= 0.3 is 0 Å². The molecule has 0 aliphatic carbocycles. The standard InChI is InChI=1S/C15H15N3OS/c1-19-12-2-3-14-13(10-12)17-15(20)18(14)9-6-11-4-7-16-8-5-11/h2-5,7-8,10H,6,9H2,1H3,(H,17,20). The van der Waals surface area contributed by atoms with E-state index in [1.165, 1.54) is 5.56 Å². The van der Waals surface area contributed by atoms with Crippen LogP contribution in [0.2, 0.25) is 0 Å². The van der Waals surface area contributed by atoms with Gasteiger partial charge in [-0.2, -0.15) is 0 Å². The van der Waals surface area contributed by atoms with E-state index < -0.39 is 0 Å². The fourth-order valence-electron chi connectivity index (χ4n) is 2.28. The lowest BCUT2D eigenvalue weighted by atomic mass is 10.2. The van der Waals surface area contributed by atoms with Crippen molar-refractivity contribution in [3.63, 3.8) is 0 Å². The summed E-state index contributed by atoms with van der Waals surface area (Å²) in [5.74, 6) is 0.829. The summed E-state index contributed by atoms with van der Waals surface area (Å²) in [6.07, 6.45) is 4.55. The van der Waals surface area contributed by atoms with Gasteiger partial charge < -0.3 is 14.3 Å². The number of pyridine rings is 1. The largest absolute Gasteiger partial charge is 0.497 e. The van der Waals surface area contributed by atoms with E-state index >= 15 is 0 Å². The Morgan fingerprint density at radius 3 is 2.80 bits per heavy atom. The van der Waals surface area contributed by atoms with Crippen molar-refractivity contribution in [2.24, 2.45) is 0 Å². The summed E-state index contributed by atoms with van der Waals surface area (Å²) in [6, 6.07) is 10.0. The molecule has 0 bridgehead atoms. The molecule has 102 valence electrons. The van der Waals surface area contributed by atoms with E-state index in [0.29, 0.717) is 0 Å². The molecule has 0 saturated carbocycles. The number of nitrogens with zero attached hydrogens (tertiary/aromatic N) is 2. The molecule has 0 saturated heterocycles. The number of rotatable bonds is 4. The van der Waals surface area contributed by atoms with Gasteiger partial charge in [-0.05, 0) is 48.5 Å². The summed E-state index contributed by atoms with van der Waals surface area (Å²) < 4.78 is 8.08. The van der Waals surface area contributed by atoms with Crippen LogP contribution in [-0.4, -0.2) is 21.6 Å². The average molecular weight is 285 g/mol. The molecule has 3 aromatic rings. The average Bonchev–Trinajstić information content (AvgIpc) is 2.80.